The minimum absolute atomic E-state index is 0.152. The highest BCUT2D eigenvalue weighted by atomic mass is 19.1. The SMILES string of the molecule is O=C(Nc1n[nH]c2cc(F)ccc12)c1n[nH]nc1-c1ccccc1. The number of amides is 1. The van der Waals surface area contributed by atoms with Crippen molar-refractivity contribution in [1.29, 1.82) is 0 Å². The van der Waals surface area contributed by atoms with Crippen LogP contribution in [0.1, 0.15) is 10.5 Å². The Labute approximate surface area is 134 Å². The molecule has 0 bridgehead atoms. The van der Waals surface area contributed by atoms with Crippen LogP contribution in [-0.4, -0.2) is 31.5 Å². The van der Waals surface area contributed by atoms with Gasteiger partial charge in [-0.3, -0.25) is 9.89 Å². The fourth-order valence-corrected chi connectivity index (χ4v) is 2.44. The number of H-pyrrole nitrogens is 2. The van der Waals surface area contributed by atoms with Gasteiger partial charge in [-0.15, -0.1) is 0 Å². The number of hydrogen-bond donors (Lipinski definition) is 3. The Morgan fingerprint density at radius 1 is 1.04 bits per heavy atom. The van der Waals surface area contributed by atoms with E-state index in [0.29, 0.717) is 22.4 Å². The molecule has 0 aliphatic heterocycles. The summed E-state index contributed by atoms with van der Waals surface area (Å²) in [4.78, 5) is 12.5. The van der Waals surface area contributed by atoms with Crippen molar-refractivity contribution in [2.24, 2.45) is 0 Å². The number of hydrogen-bond acceptors (Lipinski definition) is 4. The second kappa shape index (κ2) is 5.58. The zero-order valence-electron chi connectivity index (χ0n) is 12.2. The van der Waals surface area contributed by atoms with E-state index in [-0.39, 0.29) is 11.5 Å². The first kappa shape index (κ1) is 14.1. The first-order valence-corrected chi connectivity index (χ1v) is 7.13. The Bertz CT molecular complexity index is 1020. The lowest BCUT2D eigenvalue weighted by molar-refractivity contribution is 0.102. The molecule has 0 saturated heterocycles. The first-order valence-electron chi connectivity index (χ1n) is 7.13. The third-order valence-electron chi connectivity index (χ3n) is 3.57. The van der Waals surface area contributed by atoms with Gasteiger partial charge >= 0.3 is 0 Å². The fraction of sp³-hybridized carbons (Fsp3) is 0. The van der Waals surface area contributed by atoms with Crippen LogP contribution in [0, 0.1) is 5.82 Å². The van der Waals surface area contributed by atoms with Crippen molar-refractivity contribution in [3.63, 3.8) is 0 Å². The van der Waals surface area contributed by atoms with Crippen molar-refractivity contribution in [2.75, 3.05) is 5.32 Å². The van der Waals surface area contributed by atoms with Gasteiger partial charge in [0.2, 0.25) is 0 Å². The number of rotatable bonds is 3. The molecular formula is C16H11FN6O. The van der Waals surface area contributed by atoms with E-state index in [1.54, 1.807) is 6.07 Å². The minimum atomic E-state index is -0.458. The summed E-state index contributed by atoms with van der Waals surface area (Å²) in [6.07, 6.45) is 0. The molecule has 0 spiro atoms. The molecule has 24 heavy (non-hydrogen) atoms. The average molecular weight is 322 g/mol. The molecule has 0 saturated carbocycles. The molecule has 0 unspecified atom stereocenters. The van der Waals surface area contributed by atoms with Crippen LogP contribution in [0.2, 0.25) is 0 Å². The maximum atomic E-state index is 13.2. The van der Waals surface area contributed by atoms with Crippen molar-refractivity contribution in [3.8, 4) is 11.3 Å². The van der Waals surface area contributed by atoms with E-state index in [1.807, 2.05) is 30.3 Å². The van der Waals surface area contributed by atoms with Crippen molar-refractivity contribution >= 4 is 22.6 Å². The average Bonchev–Trinajstić information content (AvgIpc) is 3.23. The van der Waals surface area contributed by atoms with Crippen molar-refractivity contribution < 1.29 is 9.18 Å². The van der Waals surface area contributed by atoms with Gasteiger partial charge in [0.15, 0.2) is 11.5 Å². The maximum Gasteiger partial charge on any atom is 0.279 e. The van der Waals surface area contributed by atoms with Crippen LogP contribution in [0.15, 0.2) is 48.5 Å². The number of aromatic amines is 2. The minimum Gasteiger partial charge on any atom is -0.303 e. The molecular weight excluding hydrogens is 311 g/mol. The van der Waals surface area contributed by atoms with Gasteiger partial charge in [-0.2, -0.15) is 20.5 Å². The Balaban J connectivity index is 1.67. The highest BCUT2D eigenvalue weighted by molar-refractivity contribution is 6.09. The van der Waals surface area contributed by atoms with Crippen LogP contribution in [0.3, 0.4) is 0 Å². The molecule has 1 amide bonds. The number of nitrogens with one attached hydrogen (secondary N) is 3. The van der Waals surface area contributed by atoms with Gasteiger partial charge < -0.3 is 5.32 Å². The van der Waals surface area contributed by atoms with E-state index in [0.717, 1.165) is 5.56 Å². The summed E-state index contributed by atoms with van der Waals surface area (Å²) in [6.45, 7) is 0. The molecule has 3 N–H and O–H groups in total. The second-order valence-corrected chi connectivity index (χ2v) is 5.10. The first-order chi connectivity index (χ1) is 11.7. The molecule has 0 aliphatic carbocycles. The number of benzene rings is 2. The fourth-order valence-electron chi connectivity index (χ4n) is 2.44. The second-order valence-electron chi connectivity index (χ2n) is 5.10. The molecule has 0 fully saturated rings. The lowest BCUT2D eigenvalue weighted by atomic mass is 10.1. The van der Waals surface area contributed by atoms with Gasteiger partial charge in [0.1, 0.15) is 11.5 Å². The van der Waals surface area contributed by atoms with Gasteiger partial charge in [0.25, 0.3) is 5.91 Å². The van der Waals surface area contributed by atoms with Gasteiger partial charge in [0, 0.05) is 10.9 Å². The molecule has 8 heteroatoms. The summed E-state index contributed by atoms with van der Waals surface area (Å²) >= 11 is 0. The number of anilines is 1. The van der Waals surface area contributed by atoms with E-state index < -0.39 is 5.91 Å². The summed E-state index contributed by atoms with van der Waals surface area (Å²) in [7, 11) is 0. The predicted octanol–water partition coefficient (Wildman–Crippen LogP) is 2.74. The summed E-state index contributed by atoms with van der Waals surface area (Å²) in [5.74, 6) is -0.538. The largest absolute Gasteiger partial charge is 0.303 e. The van der Waals surface area contributed by atoms with Crippen LogP contribution in [-0.2, 0) is 0 Å². The summed E-state index contributed by atoms with van der Waals surface area (Å²) < 4.78 is 13.2. The van der Waals surface area contributed by atoms with Gasteiger partial charge in [0.05, 0.1) is 5.52 Å². The van der Waals surface area contributed by atoms with Crippen molar-refractivity contribution in [2.45, 2.75) is 0 Å². The molecule has 4 rings (SSSR count). The molecule has 0 aliphatic rings. The zero-order chi connectivity index (χ0) is 16.5. The molecule has 4 aromatic rings. The topological polar surface area (TPSA) is 99.4 Å². The van der Waals surface area contributed by atoms with E-state index >= 15 is 0 Å². The van der Waals surface area contributed by atoms with Crippen LogP contribution >= 0.6 is 0 Å². The smallest absolute Gasteiger partial charge is 0.279 e. The number of carbonyl (C=O) groups excluding carboxylic acids is 1. The summed E-state index contributed by atoms with van der Waals surface area (Å²) in [5, 5.41) is 20.4. The number of fused-ring (bicyclic) bond motifs is 1. The Morgan fingerprint density at radius 2 is 1.88 bits per heavy atom. The third kappa shape index (κ3) is 2.39. The van der Waals surface area contributed by atoms with E-state index in [4.69, 9.17) is 0 Å². The van der Waals surface area contributed by atoms with E-state index in [9.17, 15) is 9.18 Å². The van der Waals surface area contributed by atoms with Gasteiger partial charge in [-0.1, -0.05) is 30.3 Å². The highest BCUT2D eigenvalue weighted by Crippen LogP contribution is 2.23. The standard InChI is InChI=1S/C16H11FN6O/c17-10-6-7-11-12(8-10)19-22-15(11)18-16(24)14-13(20-23-21-14)9-4-2-1-3-5-9/h1-8H,(H,20,21,23)(H2,18,19,22,24). The monoisotopic (exact) mass is 322 g/mol. The van der Waals surface area contributed by atoms with Crippen LogP contribution in [0.5, 0.6) is 0 Å². The molecule has 2 aromatic heterocycles. The third-order valence-corrected chi connectivity index (χ3v) is 3.57. The lowest BCUT2D eigenvalue weighted by Crippen LogP contribution is -2.14. The summed E-state index contributed by atoms with van der Waals surface area (Å²) in [6, 6.07) is 13.4. The quantitative estimate of drug-likeness (QED) is 0.540. The maximum absolute atomic E-state index is 13.2. The number of nitrogens with zero attached hydrogens (tertiary/aromatic N) is 3. The molecule has 2 heterocycles. The summed E-state index contributed by atoms with van der Waals surface area (Å²) in [5.41, 5.74) is 1.86. The molecule has 0 radical (unpaired) electrons. The van der Waals surface area contributed by atoms with E-state index in [2.05, 4.69) is 30.9 Å². The molecule has 7 nitrogen and oxygen atoms in total. The van der Waals surface area contributed by atoms with Crippen LogP contribution < -0.4 is 5.32 Å². The number of carbonyl (C=O) groups is 1. The molecule has 0 atom stereocenters. The Morgan fingerprint density at radius 3 is 2.71 bits per heavy atom. The van der Waals surface area contributed by atoms with Crippen LogP contribution in [0.4, 0.5) is 10.2 Å². The van der Waals surface area contributed by atoms with Gasteiger partial charge in [-0.05, 0) is 18.2 Å². The van der Waals surface area contributed by atoms with Crippen LogP contribution in [0.25, 0.3) is 22.2 Å². The van der Waals surface area contributed by atoms with Gasteiger partial charge in [-0.25, -0.2) is 4.39 Å². The predicted molar refractivity (Wildman–Crippen MR) is 85.8 cm³/mol. The Kier molecular flexibility index (Phi) is 3.27. The highest BCUT2D eigenvalue weighted by Gasteiger charge is 2.19. The lowest BCUT2D eigenvalue weighted by Gasteiger charge is -2.02. The zero-order valence-corrected chi connectivity index (χ0v) is 12.2. The number of halogens is 1. The van der Waals surface area contributed by atoms with E-state index in [1.165, 1.54) is 12.1 Å². The molecule has 118 valence electrons. The number of aromatic nitrogens is 5. The normalized spacial score (nSPS) is 10.9. The van der Waals surface area contributed by atoms with Crippen molar-refractivity contribution in [1.82, 2.24) is 25.6 Å². The Hall–Kier alpha value is -3.55. The van der Waals surface area contributed by atoms with Crippen molar-refractivity contribution in [3.05, 3.63) is 60.0 Å². The molecule has 2 aromatic carbocycles.